The third-order valence-electron chi connectivity index (χ3n) is 3.57. The number of hydrogen-bond acceptors (Lipinski definition) is 3. The number of benzene rings is 1. The number of carbonyl (C=O) groups excluding carboxylic acids is 1. The lowest BCUT2D eigenvalue weighted by atomic mass is 9.97. The number of carbonyl (C=O) groups is 1. The number of halogens is 1. The van der Waals surface area contributed by atoms with Gasteiger partial charge in [-0.05, 0) is 36.5 Å². The first-order chi connectivity index (χ1) is 10.6. The molecule has 1 unspecified atom stereocenters. The van der Waals surface area contributed by atoms with Gasteiger partial charge in [-0.1, -0.05) is 37.6 Å². The third-order valence-corrected chi connectivity index (χ3v) is 5.09. The maximum Gasteiger partial charge on any atom is 0.235 e. The van der Waals surface area contributed by atoms with Crippen molar-refractivity contribution in [3.63, 3.8) is 0 Å². The van der Waals surface area contributed by atoms with Crippen LogP contribution in [0.2, 0.25) is 5.02 Å². The molecule has 7 heteroatoms. The third kappa shape index (κ3) is 7.33. The Balaban J connectivity index is 2.80. The fourth-order valence-electron chi connectivity index (χ4n) is 2.08. The van der Waals surface area contributed by atoms with Crippen molar-refractivity contribution in [2.45, 2.75) is 32.7 Å². The van der Waals surface area contributed by atoms with Crippen LogP contribution in [-0.2, 0) is 14.8 Å². The van der Waals surface area contributed by atoms with Crippen molar-refractivity contribution in [3.8, 4) is 0 Å². The van der Waals surface area contributed by atoms with Gasteiger partial charge in [0.25, 0.3) is 0 Å². The highest BCUT2D eigenvalue weighted by molar-refractivity contribution is 7.88. The van der Waals surface area contributed by atoms with Crippen LogP contribution < -0.4 is 5.32 Å². The maximum atomic E-state index is 12.2. The van der Waals surface area contributed by atoms with E-state index in [9.17, 15) is 13.2 Å². The van der Waals surface area contributed by atoms with Gasteiger partial charge >= 0.3 is 0 Å². The molecule has 0 saturated heterocycles. The Bertz CT molecular complexity index is 615. The molecular weight excluding hydrogens is 336 g/mol. The molecule has 1 amide bonds. The van der Waals surface area contributed by atoms with E-state index >= 15 is 0 Å². The molecule has 0 bridgehead atoms. The van der Waals surface area contributed by atoms with Gasteiger partial charge in [0.15, 0.2) is 0 Å². The van der Waals surface area contributed by atoms with Gasteiger partial charge in [0.1, 0.15) is 0 Å². The second kappa shape index (κ2) is 8.66. The molecule has 23 heavy (non-hydrogen) atoms. The zero-order valence-electron chi connectivity index (χ0n) is 14.0. The van der Waals surface area contributed by atoms with E-state index in [0.29, 0.717) is 10.9 Å². The summed E-state index contributed by atoms with van der Waals surface area (Å²) in [5, 5.41) is 3.56. The predicted octanol–water partition coefficient (Wildman–Crippen LogP) is 2.82. The topological polar surface area (TPSA) is 66.5 Å². The highest BCUT2D eigenvalue weighted by Crippen LogP contribution is 2.22. The zero-order chi connectivity index (χ0) is 17.6. The summed E-state index contributed by atoms with van der Waals surface area (Å²) in [5.41, 5.74) is 0.963. The summed E-state index contributed by atoms with van der Waals surface area (Å²) < 4.78 is 23.8. The van der Waals surface area contributed by atoms with Crippen LogP contribution in [0, 0.1) is 5.92 Å². The minimum absolute atomic E-state index is 0.157. The molecule has 0 aromatic heterocycles. The number of likely N-dealkylation sites (N-methyl/N-ethyl adjacent to an activating group) is 1. The van der Waals surface area contributed by atoms with Crippen molar-refractivity contribution in [1.82, 2.24) is 9.62 Å². The van der Waals surface area contributed by atoms with Crippen LogP contribution in [-0.4, -0.2) is 38.5 Å². The molecule has 0 fully saturated rings. The highest BCUT2D eigenvalue weighted by atomic mass is 35.5. The molecule has 1 aromatic carbocycles. The van der Waals surface area contributed by atoms with Crippen LogP contribution in [0.4, 0.5) is 0 Å². The van der Waals surface area contributed by atoms with E-state index in [0.717, 1.165) is 29.0 Å². The van der Waals surface area contributed by atoms with E-state index in [1.807, 2.05) is 12.1 Å². The van der Waals surface area contributed by atoms with Gasteiger partial charge < -0.3 is 5.32 Å². The van der Waals surface area contributed by atoms with Crippen LogP contribution >= 0.6 is 11.6 Å². The van der Waals surface area contributed by atoms with Crippen molar-refractivity contribution in [1.29, 1.82) is 0 Å². The van der Waals surface area contributed by atoms with Gasteiger partial charge in [0, 0.05) is 12.1 Å². The quantitative estimate of drug-likeness (QED) is 0.775. The maximum absolute atomic E-state index is 12.2. The zero-order valence-corrected chi connectivity index (χ0v) is 15.6. The molecular formula is C16H25ClN2O3S. The Hall–Kier alpha value is -1.11. The molecule has 5 nitrogen and oxygen atoms in total. The largest absolute Gasteiger partial charge is 0.348 e. The summed E-state index contributed by atoms with van der Waals surface area (Å²) in [5.74, 6) is 0.196. The van der Waals surface area contributed by atoms with Crippen molar-refractivity contribution in [2.75, 3.05) is 19.8 Å². The normalized spacial score (nSPS) is 13.3. The molecule has 1 N–H and O–H groups in total. The van der Waals surface area contributed by atoms with E-state index in [1.54, 1.807) is 12.1 Å². The number of hydrogen-bond donors (Lipinski definition) is 1. The molecule has 1 atom stereocenters. The Kier molecular flexibility index (Phi) is 7.51. The van der Waals surface area contributed by atoms with Crippen molar-refractivity contribution in [2.24, 2.45) is 5.92 Å². The van der Waals surface area contributed by atoms with Crippen LogP contribution in [0.1, 0.15) is 38.3 Å². The van der Waals surface area contributed by atoms with E-state index < -0.39 is 10.0 Å². The van der Waals surface area contributed by atoms with Crippen LogP contribution in [0.15, 0.2) is 24.3 Å². The van der Waals surface area contributed by atoms with E-state index in [1.165, 1.54) is 7.05 Å². The van der Waals surface area contributed by atoms with Gasteiger partial charge in [-0.3, -0.25) is 4.79 Å². The average molecular weight is 361 g/mol. The lowest BCUT2D eigenvalue weighted by molar-refractivity contribution is -0.121. The fraction of sp³-hybridized carbons (Fsp3) is 0.562. The first-order valence-electron chi connectivity index (χ1n) is 7.55. The first kappa shape index (κ1) is 19.9. The summed E-state index contributed by atoms with van der Waals surface area (Å²) in [6, 6.07) is 7.18. The summed E-state index contributed by atoms with van der Waals surface area (Å²) in [4.78, 5) is 12.2. The van der Waals surface area contributed by atoms with E-state index in [2.05, 4.69) is 19.2 Å². The SMILES string of the molecule is CC(C)CCC(NC(=O)CN(C)S(C)(=O)=O)c1ccc(Cl)cc1. The van der Waals surface area contributed by atoms with E-state index in [4.69, 9.17) is 11.6 Å². The van der Waals surface area contributed by atoms with Gasteiger partial charge in [-0.2, -0.15) is 4.31 Å². The Labute approximate surface area is 144 Å². The minimum Gasteiger partial charge on any atom is -0.348 e. The summed E-state index contributed by atoms with van der Waals surface area (Å²) in [6.45, 7) is 4.06. The van der Waals surface area contributed by atoms with Gasteiger partial charge in [0.05, 0.1) is 18.8 Å². The van der Waals surface area contributed by atoms with Gasteiger partial charge in [-0.25, -0.2) is 8.42 Å². The molecule has 0 aliphatic rings. The lowest BCUT2D eigenvalue weighted by Crippen LogP contribution is -2.39. The molecule has 0 aliphatic carbocycles. The minimum atomic E-state index is -3.37. The van der Waals surface area contributed by atoms with E-state index in [-0.39, 0.29) is 18.5 Å². The summed E-state index contributed by atoms with van der Waals surface area (Å²) in [6.07, 6.45) is 2.82. The first-order valence-corrected chi connectivity index (χ1v) is 9.78. The van der Waals surface area contributed by atoms with Crippen LogP contribution in [0.3, 0.4) is 0 Å². The molecule has 1 rings (SSSR count). The Morgan fingerprint density at radius 1 is 1.22 bits per heavy atom. The Morgan fingerprint density at radius 3 is 2.26 bits per heavy atom. The average Bonchev–Trinajstić information content (AvgIpc) is 2.43. The highest BCUT2D eigenvalue weighted by Gasteiger charge is 2.19. The number of rotatable bonds is 8. The van der Waals surface area contributed by atoms with Gasteiger partial charge in [-0.15, -0.1) is 0 Å². The Morgan fingerprint density at radius 2 is 1.78 bits per heavy atom. The van der Waals surface area contributed by atoms with Crippen molar-refractivity contribution >= 4 is 27.5 Å². The summed E-state index contributed by atoms with van der Waals surface area (Å²) >= 11 is 5.91. The van der Waals surface area contributed by atoms with Crippen LogP contribution in [0.5, 0.6) is 0 Å². The molecule has 1 aromatic rings. The monoisotopic (exact) mass is 360 g/mol. The predicted molar refractivity (Wildman–Crippen MR) is 93.9 cm³/mol. The number of sulfonamides is 1. The molecule has 0 saturated carbocycles. The fourth-order valence-corrected chi connectivity index (χ4v) is 2.55. The van der Waals surface area contributed by atoms with Gasteiger partial charge in [0.2, 0.25) is 15.9 Å². The van der Waals surface area contributed by atoms with Crippen molar-refractivity contribution < 1.29 is 13.2 Å². The standard InChI is InChI=1S/C16H25ClN2O3S/c1-12(2)5-10-15(13-6-8-14(17)9-7-13)18-16(20)11-19(3)23(4,21)22/h6-9,12,15H,5,10-11H2,1-4H3,(H,18,20). The van der Waals surface area contributed by atoms with Crippen LogP contribution in [0.25, 0.3) is 0 Å². The lowest BCUT2D eigenvalue weighted by Gasteiger charge is -2.22. The molecule has 0 heterocycles. The molecule has 0 spiro atoms. The van der Waals surface area contributed by atoms with Crippen molar-refractivity contribution in [3.05, 3.63) is 34.9 Å². The second-order valence-corrected chi connectivity index (χ2v) is 8.69. The number of amides is 1. The molecule has 0 aliphatic heterocycles. The molecule has 0 radical (unpaired) electrons. The number of nitrogens with zero attached hydrogens (tertiary/aromatic N) is 1. The number of nitrogens with one attached hydrogen (secondary N) is 1. The smallest absolute Gasteiger partial charge is 0.235 e. The second-order valence-electron chi connectivity index (χ2n) is 6.16. The molecule has 130 valence electrons. The summed E-state index contributed by atoms with van der Waals surface area (Å²) in [7, 11) is -1.99.